The van der Waals surface area contributed by atoms with E-state index in [1.54, 1.807) is 24.6 Å². The zero-order chi connectivity index (χ0) is 13.5. The maximum Gasteiger partial charge on any atom is 0.191 e. The van der Waals surface area contributed by atoms with Gasteiger partial charge in [-0.1, -0.05) is 0 Å². The standard InChI is InChI=1S/C13H18N4OS/c1-10-8-16-12(19-10)9-17-13(14-2)15-6-5-11-4-3-7-18-11/h3-4,7-8H,5-6,9H2,1-2H3,(H2,14,15,17). The lowest BCUT2D eigenvalue weighted by Crippen LogP contribution is -2.37. The molecule has 5 nitrogen and oxygen atoms in total. The lowest BCUT2D eigenvalue weighted by atomic mass is 10.3. The van der Waals surface area contributed by atoms with Crippen LogP contribution in [0.25, 0.3) is 0 Å². The van der Waals surface area contributed by atoms with Gasteiger partial charge in [0.2, 0.25) is 0 Å². The highest BCUT2D eigenvalue weighted by Gasteiger charge is 2.02. The lowest BCUT2D eigenvalue weighted by molar-refractivity contribution is 0.507. The fourth-order valence-corrected chi connectivity index (χ4v) is 2.35. The molecule has 0 atom stereocenters. The first-order valence-electron chi connectivity index (χ1n) is 6.16. The van der Waals surface area contributed by atoms with E-state index in [4.69, 9.17) is 4.42 Å². The van der Waals surface area contributed by atoms with E-state index in [1.165, 1.54) is 4.88 Å². The van der Waals surface area contributed by atoms with E-state index < -0.39 is 0 Å². The highest BCUT2D eigenvalue weighted by Crippen LogP contribution is 2.10. The van der Waals surface area contributed by atoms with Gasteiger partial charge in [-0.05, 0) is 19.1 Å². The molecule has 2 rings (SSSR count). The Morgan fingerprint density at radius 3 is 3.00 bits per heavy atom. The molecule has 0 aliphatic carbocycles. The fraction of sp³-hybridized carbons (Fsp3) is 0.385. The van der Waals surface area contributed by atoms with Crippen LogP contribution in [-0.4, -0.2) is 24.5 Å². The summed E-state index contributed by atoms with van der Waals surface area (Å²) in [6.45, 7) is 3.53. The molecule has 0 aromatic carbocycles. The molecule has 102 valence electrons. The maximum absolute atomic E-state index is 5.27. The summed E-state index contributed by atoms with van der Waals surface area (Å²) >= 11 is 1.69. The predicted molar refractivity (Wildman–Crippen MR) is 77.5 cm³/mol. The van der Waals surface area contributed by atoms with Gasteiger partial charge in [0.05, 0.1) is 12.8 Å². The number of nitrogens with one attached hydrogen (secondary N) is 2. The van der Waals surface area contributed by atoms with E-state index in [9.17, 15) is 0 Å². The largest absolute Gasteiger partial charge is 0.469 e. The van der Waals surface area contributed by atoms with Crippen LogP contribution < -0.4 is 10.6 Å². The van der Waals surface area contributed by atoms with Crippen LogP contribution in [0.1, 0.15) is 15.6 Å². The molecular formula is C13H18N4OS. The van der Waals surface area contributed by atoms with Crippen LogP contribution in [0.5, 0.6) is 0 Å². The van der Waals surface area contributed by atoms with Crippen LogP contribution in [0.2, 0.25) is 0 Å². The summed E-state index contributed by atoms with van der Waals surface area (Å²) < 4.78 is 5.27. The van der Waals surface area contributed by atoms with Crippen molar-refractivity contribution in [2.24, 2.45) is 4.99 Å². The van der Waals surface area contributed by atoms with Crippen molar-refractivity contribution >= 4 is 17.3 Å². The van der Waals surface area contributed by atoms with Crippen molar-refractivity contribution in [3.8, 4) is 0 Å². The topological polar surface area (TPSA) is 62.5 Å². The second-order valence-corrected chi connectivity index (χ2v) is 5.37. The second kappa shape index (κ2) is 6.94. The van der Waals surface area contributed by atoms with Gasteiger partial charge in [0.1, 0.15) is 10.8 Å². The Labute approximate surface area is 116 Å². The summed E-state index contributed by atoms with van der Waals surface area (Å²) in [4.78, 5) is 9.69. The number of aromatic nitrogens is 1. The van der Waals surface area contributed by atoms with Gasteiger partial charge in [-0.2, -0.15) is 0 Å². The van der Waals surface area contributed by atoms with Crippen LogP contribution >= 0.6 is 11.3 Å². The Morgan fingerprint density at radius 1 is 1.47 bits per heavy atom. The SMILES string of the molecule is CN=C(NCCc1ccco1)NCc1ncc(C)s1. The molecule has 0 aliphatic heterocycles. The molecule has 2 aromatic rings. The third kappa shape index (κ3) is 4.40. The van der Waals surface area contributed by atoms with Crippen molar-refractivity contribution in [2.45, 2.75) is 19.9 Å². The zero-order valence-corrected chi connectivity index (χ0v) is 12.0. The Bertz CT molecular complexity index is 518. The predicted octanol–water partition coefficient (Wildman–Crippen LogP) is 1.95. The molecule has 2 heterocycles. The van der Waals surface area contributed by atoms with Gasteiger partial charge >= 0.3 is 0 Å². The van der Waals surface area contributed by atoms with E-state index in [2.05, 4.69) is 27.5 Å². The summed E-state index contributed by atoms with van der Waals surface area (Å²) in [6, 6.07) is 3.86. The molecule has 0 bridgehead atoms. The molecule has 0 amide bonds. The number of thiazole rings is 1. The Hall–Kier alpha value is -1.82. The molecule has 0 unspecified atom stereocenters. The molecule has 19 heavy (non-hydrogen) atoms. The first kappa shape index (κ1) is 13.6. The van der Waals surface area contributed by atoms with E-state index in [0.717, 1.165) is 29.7 Å². The van der Waals surface area contributed by atoms with Gasteiger partial charge in [0.25, 0.3) is 0 Å². The zero-order valence-electron chi connectivity index (χ0n) is 11.1. The lowest BCUT2D eigenvalue weighted by Gasteiger charge is -2.09. The fourth-order valence-electron chi connectivity index (χ4n) is 1.62. The molecular weight excluding hydrogens is 260 g/mol. The number of guanidine groups is 1. The smallest absolute Gasteiger partial charge is 0.191 e. The van der Waals surface area contributed by atoms with Gasteiger partial charge in [0, 0.05) is 31.1 Å². The van der Waals surface area contributed by atoms with Gasteiger partial charge in [-0.3, -0.25) is 4.99 Å². The van der Waals surface area contributed by atoms with Crippen molar-refractivity contribution < 1.29 is 4.42 Å². The molecule has 2 N–H and O–H groups in total. The van der Waals surface area contributed by atoms with Crippen molar-refractivity contribution in [3.05, 3.63) is 40.2 Å². The average Bonchev–Trinajstić information content (AvgIpc) is 3.05. The van der Waals surface area contributed by atoms with E-state index in [-0.39, 0.29) is 0 Å². The number of nitrogens with zero attached hydrogens (tertiary/aromatic N) is 2. The van der Waals surface area contributed by atoms with E-state index in [0.29, 0.717) is 6.54 Å². The Balaban J connectivity index is 1.71. The molecule has 0 radical (unpaired) electrons. The van der Waals surface area contributed by atoms with Gasteiger partial charge < -0.3 is 15.1 Å². The summed E-state index contributed by atoms with van der Waals surface area (Å²) in [6.07, 6.45) is 4.41. The highest BCUT2D eigenvalue weighted by atomic mass is 32.1. The molecule has 0 spiro atoms. The van der Waals surface area contributed by atoms with Gasteiger partial charge in [-0.15, -0.1) is 11.3 Å². The number of furan rings is 1. The monoisotopic (exact) mass is 278 g/mol. The first-order chi connectivity index (χ1) is 9.28. The number of rotatable bonds is 5. The summed E-state index contributed by atoms with van der Waals surface area (Å²) in [5.74, 6) is 1.75. The minimum Gasteiger partial charge on any atom is -0.469 e. The van der Waals surface area contributed by atoms with Crippen LogP contribution in [0.3, 0.4) is 0 Å². The average molecular weight is 278 g/mol. The van der Waals surface area contributed by atoms with Crippen LogP contribution in [-0.2, 0) is 13.0 Å². The number of aryl methyl sites for hydroxylation is 1. The normalized spacial score (nSPS) is 11.6. The van der Waals surface area contributed by atoms with Gasteiger partial charge in [-0.25, -0.2) is 4.98 Å². The highest BCUT2D eigenvalue weighted by molar-refractivity contribution is 7.11. The van der Waals surface area contributed by atoms with Crippen molar-refractivity contribution in [1.82, 2.24) is 15.6 Å². The molecule has 0 saturated carbocycles. The van der Waals surface area contributed by atoms with Crippen LogP contribution in [0, 0.1) is 6.92 Å². The van der Waals surface area contributed by atoms with E-state index in [1.807, 2.05) is 18.3 Å². The third-order valence-electron chi connectivity index (χ3n) is 2.54. The number of hydrogen-bond donors (Lipinski definition) is 2. The van der Waals surface area contributed by atoms with Crippen LogP contribution in [0.15, 0.2) is 34.0 Å². The first-order valence-corrected chi connectivity index (χ1v) is 6.98. The quantitative estimate of drug-likeness (QED) is 0.648. The van der Waals surface area contributed by atoms with Crippen LogP contribution in [0.4, 0.5) is 0 Å². The number of aliphatic imine (C=N–C) groups is 1. The summed E-state index contributed by atoms with van der Waals surface area (Å²) in [5, 5.41) is 7.54. The van der Waals surface area contributed by atoms with Crippen molar-refractivity contribution in [1.29, 1.82) is 0 Å². The summed E-state index contributed by atoms with van der Waals surface area (Å²) in [5.41, 5.74) is 0. The maximum atomic E-state index is 5.27. The molecule has 0 fully saturated rings. The Kier molecular flexibility index (Phi) is 4.97. The third-order valence-corrected chi connectivity index (χ3v) is 3.46. The summed E-state index contributed by atoms with van der Waals surface area (Å²) in [7, 11) is 1.76. The van der Waals surface area contributed by atoms with Crippen molar-refractivity contribution in [2.75, 3.05) is 13.6 Å². The van der Waals surface area contributed by atoms with Gasteiger partial charge in [0.15, 0.2) is 5.96 Å². The van der Waals surface area contributed by atoms with E-state index >= 15 is 0 Å². The second-order valence-electron chi connectivity index (χ2n) is 4.05. The Morgan fingerprint density at radius 2 is 2.37 bits per heavy atom. The molecule has 0 saturated heterocycles. The number of hydrogen-bond acceptors (Lipinski definition) is 4. The molecule has 2 aromatic heterocycles. The molecule has 6 heteroatoms. The minimum absolute atomic E-state index is 0.693. The minimum atomic E-state index is 0.693. The van der Waals surface area contributed by atoms with Crippen molar-refractivity contribution in [3.63, 3.8) is 0 Å². The molecule has 0 aliphatic rings.